The van der Waals surface area contributed by atoms with Crippen molar-refractivity contribution in [2.45, 2.75) is 16.3 Å². The van der Waals surface area contributed by atoms with Crippen LogP contribution in [-0.4, -0.2) is 73.9 Å². The standard InChI is InChI=1S/C27H25N3O13S3/c1-40-18-3-6-21(7-4-18)45(36,37)29(15-26(31)32)14-20-11-17-12-22(8-10-24(17)42-20)44(34,35)28-46(38,39)30-16-27(33)43-25-13-19(41-2)5-9-23(25)30/h3-13,28H,14-16H2,1-2H3,(H,31,32). The molecule has 1 aliphatic rings. The van der Waals surface area contributed by atoms with Gasteiger partial charge in [0.25, 0.3) is 10.0 Å². The fraction of sp³-hybridized carbons (Fsp3) is 0.185. The van der Waals surface area contributed by atoms with E-state index in [1.165, 1.54) is 68.8 Å². The minimum Gasteiger partial charge on any atom is -0.497 e. The average Bonchev–Trinajstić information content (AvgIpc) is 3.41. The predicted molar refractivity (Wildman–Crippen MR) is 160 cm³/mol. The molecule has 46 heavy (non-hydrogen) atoms. The Hall–Kier alpha value is -4.69. The monoisotopic (exact) mass is 695 g/mol. The molecule has 3 aromatic carbocycles. The fourth-order valence-corrected chi connectivity index (χ4v) is 8.91. The number of rotatable bonds is 12. The lowest BCUT2D eigenvalue weighted by Gasteiger charge is -2.29. The molecule has 0 atom stereocenters. The Morgan fingerprint density at radius 3 is 2.22 bits per heavy atom. The third-order valence-corrected chi connectivity index (χ3v) is 11.9. The summed E-state index contributed by atoms with van der Waals surface area (Å²) in [6, 6.07) is 13.9. The average molecular weight is 696 g/mol. The number of anilines is 1. The Morgan fingerprint density at radius 2 is 1.57 bits per heavy atom. The Balaban J connectivity index is 1.41. The van der Waals surface area contributed by atoms with Crippen LogP contribution in [0.25, 0.3) is 11.0 Å². The Kier molecular flexibility index (Phi) is 8.71. The van der Waals surface area contributed by atoms with Crippen molar-refractivity contribution in [1.29, 1.82) is 0 Å². The number of hydrogen-bond acceptors (Lipinski definition) is 12. The first-order valence-corrected chi connectivity index (χ1v) is 17.3. The number of esters is 1. The molecule has 19 heteroatoms. The smallest absolute Gasteiger partial charge is 0.332 e. The van der Waals surface area contributed by atoms with E-state index in [0.717, 1.165) is 12.1 Å². The number of fused-ring (bicyclic) bond motifs is 2. The molecule has 2 N–H and O–H groups in total. The van der Waals surface area contributed by atoms with Gasteiger partial charge in [0.05, 0.1) is 36.2 Å². The van der Waals surface area contributed by atoms with Gasteiger partial charge in [-0.25, -0.2) is 25.9 Å². The second-order valence-corrected chi connectivity index (χ2v) is 15.1. The van der Waals surface area contributed by atoms with Crippen molar-refractivity contribution in [3.8, 4) is 17.2 Å². The first-order valence-electron chi connectivity index (χ1n) is 13.0. The number of benzene rings is 3. The molecule has 1 aromatic heterocycles. The molecule has 0 bridgehead atoms. The molecule has 0 saturated heterocycles. The van der Waals surface area contributed by atoms with E-state index >= 15 is 0 Å². The van der Waals surface area contributed by atoms with E-state index in [0.29, 0.717) is 14.4 Å². The Labute approximate surface area is 263 Å². The first kappa shape index (κ1) is 32.7. The zero-order valence-corrected chi connectivity index (χ0v) is 26.4. The summed E-state index contributed by atoms with van der Waals surface area (Å²) in [6.07, 6.45) is 0. The van der Waals surface area contributed by atoms with Crippen molar-refractivity contribution < 1.29 is 58.6 Å². The number of carboxylic acids is 1. The fourth-order valence-electron chi connectivity index (χ4n) is 4.48. The second kappa shape index (κ2) is 12.2. The number of methoxy groups -OCH3 is 2. The highest BCUT2D eigenvalue weighted by molar-refractivity contribution is 8.05. The van der Waals surface area contributed by atoms with Crippen molar-refractivity contribution in [3.63, 3.8) is 0 Å². The number of ether oxygens (including phenoxy) is 3. The minimum absolute atomic E-state index is 0.0256. The summed E-state index contributed by atoms with van der Waals surface area (Å²) in [5, 5.41) is 9.53. The molecular formula is C27H25N3O13S3. The quantitative estimate of drug-likeness (QED) is 0.160. The van der Waals surface area contributed by atoms with Gasteiger partial charge in [-0.05, 0) is 60.7 Å². The lowest BCUT2D eigenvalue weighted by Crippen LogP contribution is -2.48. The molecule has 5 rings (SSSR count). The number of nitrogens with one attached hydrogen (secondary N) is 1. The zero-order chi connectivity index (χ0) is 33.4. The summed E-state index contributed by atoms with van der Waals surface area (Å²) in [5.41, 5.74) is 0.00381. The highest BCUT2D eigenvalue weighted by Crippen LogP contribution is 2.37. The Morgan fingerprint density at radius 1 is 0.913 bits per heavy atom. The molecule has 0 radical (unpaired) electrons. The van der Waals surface area contributed by atoms with Gasteiger partial charge < -0.3 is 23.7 Å². The van der Waals surface area contributed by atoms with Crippen LogP contribution in [0.4, 0.5) is 5.69 Å². The minimum atomic E-state index is -4.88. The van der Waals surface area contributed by atoms with Crippen LogP contribution in [0.1, 0.15) is 5.76 Å². The maximum atomic E-state index is 13.3. The lowest BCUT2D eigenvalue weighted by molar-refractivity contribution is -0.137. The topological polar surface area (TPSA) is 216 Å². The van der Waals surface area contributed by atoms with Gasteiger partial charge in [0.15, 0.2) is 5.75 Å². The summed E-state index contributed by atoms with van der Waals surface area (Å²) in [6.45, 7) is -2.24. The number of hydrogen-bond donors (Lipinski definition) is 2. The molecule has 1 aliphatic heterocycles. The number of carbonyl (C=O) groups excluding carboxylic acids is 1. The summed E-state index contributed by atoms with van der Waals surface area (Å²) < 4.78 is 103. The van der Waals surface area contributed by atoms with E-state index in [4.69, 9.17) is 18.6 Å². The van der Waals surface area contributed by atoms with Gasteiger partial charge in [-0.1, -0.05) is 4.13 Å². The molecule has 2 heterocycles. The van der Waals surface area contributed by atoms with E-state index < -0.39 is 66.7 Å². The van der Waals surface area contributed by atoms with Gasteiger partial charge in [0, 0.05) is 11.5 Å². The van der Waals surface area contributed by atoms with Crippen LogP contribution in [0.15, 0.2) is 80.9 Å². The van der Waals surface area contributed by atoms with E-state index in [2.05, 4.69) is 0 Å². The number of carbonyl (C=O) groups is 2. The highest BCUT2D eigenvalue weighted by atomic mass is 32.3. The predicted octanol–water partition coefficient (Wildman–Crippen LogP) is 1.67. The molecule has 0 aliphatic carbocycles. The van der Waals surface area contributed by atoms with Crippen LogP contribution in [0, 0.1) is 0 Å². The SMILES string of the molecule is COc1ccc(S(=O)(=O)N(CC(=O)O)Cc2cc3cc(S(=O)(=O)NS(=O)(=O)N4CC(=O)Oc5cc(OC)ccc54)ccc3o2)cc1. The van der Waals surface area contributed by atoms with Crippen LogP contribution in [-0.2, 0) is 46.4 Å². The summed E-state index contributed by atoms with van der Waals surface area (Å²) >= 11 is 0. The van der Waals surface area contributed by atoms with Crippen molar-refractivity contribution in [3.05, 3.63) is 72.5 Å². The van der Waals surface area contributed by atoms with Crippen molar-refractivity contribution in [1.82, 2.24) is 8.43 Å². The van der Waals surface area contributed by atoms with Gasteiger partial charge in [0.1, 0.15) is 35.9 Å². The normalized spacial score (nSPS) is 13.8. The third kappa shape index (κ3) is 6.63. The number of sulfonamides is 2. The molecule has 16 nitrogen and oxygen atoms in total. The number of aliphatic carboxylic acids is 1. The molecule has 0 saturated carbocycles. The van der Waals surface area contributed by atoms with Crippen molar-refractivity contribution in [2.24, 2.45) is 0 Å². The third-order valence-electron chi connectivity index (χ3n) is 6.63. The largest absolute Gasteiger partial charge is 0.497 e. The van der Waals surface area contributed by atoms with Crippen molar-refractivity contribution in [2.75, 3.05) is 31.6 Å². The van der Waals surface area contributed by atoms with Gasteiger partial charge in [-0.15, -0.1) is 0 Å². The first-order chi connectivity index (χ1) is 21.6. The van der Waals surface area contributed by atoms with Crippen LogP contribution in [0.5, 0.6) is 17.2 Å². The van der Waals surface area contributed by atoms with Gasteiger partial charge >= 0.3 is 22.1 Å². The zero-order valence-electron chi connectivity index (χ0n) is 23.9. The van der Waals surface area contributed by atoms with Crippen molar-refractivity contribution >= 4 is 58.9 Å². The van der Waals surface area contributed by atoms with Crippen LogP contribution in [0.3, 0.4) is 0 Å². The highest BCUT2D eigenvalue weighted by Gasteiger charge is 2.36. The second-order valence-electron chi connectivity index (χ2n) is 9.66. The molecule has 0 fully saturated rings. The number of nitrogens with zero attached hydrogens (tertiary/aromatic N) is 2. The molecule has 0 amide bonds. The number of carboxylic acid groups (broad SMARTS) is 1. The molecule has 0 unspecified atom stereocenters. The van der Waals surface area contributed by atoms with Crippen LogP contribution < -0.4 is 22.6 Å². The maximum absolute atomic E-state index is 13.3. The maximum Gasteiger partial charge on any atom is 0.332 e. The van der Waals surface area contributed by atoms with E-state index in [1.807, 2.05) is 0 Å². The summed E-state index contributed by atoms with van der Waals surface area (Å²) in [5.74, 6) is -1.92. The van der Waals surface area contributed by atoms with Gasteiger partial charge in [-0.2, -0.15) is 12.7 Å². The van der Waals surface area contributed by atoms with E-state index in [9.17, 15) is 39.9 Å². The Bertz CT molecular complexity index is 2160. The molecule has 0 spiro atoms. The van der Waals surface area contributed by atoms with E-state index in [1.54, 1.807) is 4.13 Å². The van der Waals surface area contributed by atoms with Crippen LogP contribution >= 0.6 is 0 Å². The number of furan rings is 1. The molecule has 244 valence electrons. The lowest BCUT2D eigenvalue weighted by atomic mass is 10.2. The van der Waals surface area contributed by atoms with Gasteiger partial charge in [-0.3, -0.25) is 4.79 Å². The van der Waals surface area contributed by atoms with E-state index in [-0.39, 0.29) is 38.8 Å². The summed E-state index contributed by atoms with van der Waals surface area (Å²) in [4.78, 5) is 23.0. The van der Waals surface area contributed by atoms with Gasteiger partial charge in [0.2, 0.25) is 10.0 Å². The summed E-state index contributed by atoms with van der Waals surface area (Å²) in [7, 11) is -11.2. The van der Waals surface area contributed by atoms with Crippen LogP contribution in [0.2, 0.25) is 0 Å². The molecule has 4 aromatic rings. The molecular weight excluding hydrogens is 671 g/mol.